The maximum Gasteiger partial charge on any atom is 0.179 e. The van der Waals surface area contributed by atoms with Crippen LogP contribution >= 0.6 is 0 Å². The number of hydrogen-bond donors (Lipinski definition) is 0. The van der Waals surface area contributed by atoms with Crippen LogP contribution < -0.4 is 4.90 Å². The summed E-state index contributed by atoms with van der Waals surface area (Å²) in [6, 6.07) is 14.7. The Bertz CT molecular complexity index is 727. The SMILES string of the molecule is N#CN1CC2OCCN(c3cc(-c4ccccc4)ccn3)C2C1. The molecule has 2 atom stereocenters. The van der Waals surface area contributed by atoms with Gasteiger partial charge in [-0.3, -0.25) is 0 Å². The Balaban J connectivity index is 1.64. The maximum absolute atomic E-state index is 9.15. The molecule has 5 heteroatoms. The third-order valence-electron chi connectivity index (χ3n) is 4.59. The van der Waals surface area contributed by atoms with Crippen LogP contribution in [0, 0.1) is 11.5 Å². The first kappa shape index (κ1) is 14.0. The van der Waals surface area contributed by atoms with Crippen LogP contribution in [0.1, 0.15) is 0 Å². The molecule has 4 rings (SSSR count). The van der Waals surface area contributed by atoms with Gasteiger partial charge in [-0.2, -0.15) is 5.26 Å². The highest BCUT2D eigenvalue weighted by molar-refractivity contribution is 5.66. The zero-order chi connectivity index (χ0) is 15.6. The minimum Gasteiger partial charge on any atom is -0.372 e. The molecule has 0 radical (unpaired) electrons. The number of morpholine rings is 1. The summed E-state index contributed by atoms with van der Waals surface area (Å²) in [4.78, 5) is 8.63. The second-order valence-electron chi connectivity index (χ2n) is 5.94. The van der Waals surface area contributed by atoms with Crippen molar-refractivity contribution in [1.82, 2.24) is 9.88 Å². The van der Waals surface area contributed by atoms with Crippen molar-refractivity contribution in [1.29, 1.82) is 5.26 Å². The van der Waals surface area contributed by atoms with Gasteiger partial charge in [0.05, 0.1) is 31.8 Å². The Morgan fingerprint density at radius 1 is 1.13 bits per heavy atom. The molecule has 0 spiro atoms. The number of nitriles is 1. The van der Waals surface area contributed by atoms with E-state index >= 15 is 0 Å². The first-order valence-corrected chi connectivity index (χ1v) is 7.89. The van der Waals surface area contributed by atoms with Gasteiger partial charge >= 0.3 is 0 Å². The summed E-state index contributed by atoms with van der Waals surface area (Å²) < 4.78 is 5.84. The number of rotatable bonds is 2. The lowest BCUT2D eigenvalue weighted by Gasteiger charge is -2.37. The minimum atomic E-state index is 0.0885. The molecule has 0 N–H and O–H groups in total. The Morgan fingerprint density at radius 3 is 2.83 bits per heavy atom. The number of fused-ring (bicyclic) bond motifs is 1. The summed E-state index contributed by atoms with van der Waals surface area (Å²) in [6.07, 6.45) is 4.18. The fourth-order valence-electron chi connectivity index (χ4n) is 3.44. The molecule has 2 fully saturated rings. The minimum absolute atomic E-state index is 0.0885. The summed E-state index contributed by atoms with van der Waals surface area (Å²) in [6.45, 7) is 2.87. The third-order valence-corrected chi connectivity index (χ3v) is 4.59. The van der Waals surface area contributed by atoms with Crippen LogP contribution in [0.3, 0.4) is 0 Å². The molecule has 116 valence electrons. The molecule has 0 aliphatic carbocycles. The number of likely N-dealkylation sites (tertiary alicyclic amines) is 1. The number of aromatic nitrogens is 1. The van der Waals surface area contributed by atoms with Gasteiger partial charge in [0.15, 0.2) is 6.19 Å². The molecular formula is C18H18N4O. The molecule has 0 saturated carbocycles. The van der Waals surface area contributed by atoms with E-state index in [1.54, 1.807) is 4.90 Å². The normalized spacial score (nSPS) is 23.4. The van der Waals surface area contributed by atoms with Crippen molar-refractivity contribution in [3.05, 3.63) is 48.7 Å². The van der Waals surface area contributed by atoms with Crippen molar-refractivity contribution >= 4 is 5.82 Å². The topological polar surface area (TPSA) is 52.4 Å². The Kier molecular flexibility index (Phi) is 3.60. The molecule has 23 heavy (non-hydrogen) atoms. The smallest absolute Gasteiger partial charge is 0.179 e. The molecule has 1 aromatic carbocycles. The lowest BCUT2D eigenvalue weighted by molar-refractivity contribution is 0.0323. The number of ether oxygens (including phenoxy) is 1. The molecule has 2 saturated heterocycles. The van der Waals surface area contributed by atoms with Crippen molar-refractivity contribution in [2.75, 3.05) is 31.1 Å². The number of pyridine rings is 1. The van der Waals surface area contributed by atoms with Crippen LogP contribution in [0.15, 0.2) is 48.7 Å². The van der Waals surface area contributed by atoms with Gasteiger partial charge in [-0.15, -0.1) is 0 Å². The first-order valence-electron chi connectivity index (χ1n) is 7.89. The maximum atomic E-state index is 9.15. The van der Waals surface area contributed by atoms with Crippen LogP contribution in [0.4, 0.5) is 5.82 Å². The Morgan fingerprint density at radius 2 is 2.00 bits per heavy atom. The number of hydrogen-bond acceptors (Lipinski definition) is 5. The third kappa shape index (κ3) is 2.62. The molecule has 2 aromatic rings. The van der Waals surface area contributed by atoms with Crippen molar-refractivity contribution < 1.29 is 4.74 Å². The van der Waals surface area contributed by atoms with Gasteiger partial charge in [0.2, 0.25) is 0 Å². The molecule has 2 unspecified atom stereocenters. The van der Waals surface area contributed by atoms with Crippen molar-refractivity contribution in [2.45, 2.75) is 12.1 Å². The second-order valence-corrected chi connectivity index (χ2v) is 5.94. The summed E-state index contributed by atoms with van der Waals surface area (Å²) >= 11 is 0. The lowest BCUT2D eigenvalue weighted by atomic mass is 10.1. The summed E-state index contributed by atoms with van der Waals surface area (Å²) in [7, 11) is 0. The van der Waals surface area contributed by atoms with Gasteiger partial charge in [-0.1, -0.05) is 30.3 Å². The standard InChI is InChI=1S/C18H18N4O/c19-13-21-11-16-17(12-21)23-9-8-22(16)18-10-15(6-7-20-18)14-4-2-1-3-5-14/h1-7,10,16-17H,8-9,11-12H2. The quantitative estimate of drug-likeness (QED) is 0.796. The highest BCUT2D eigenvalue weighted by Crippen LogP contribution is 2.29. The molecule has 1 aromatic heterocycles. The largest absolute Gasteiger partial charge is 0.372 e. The Hall–Kier alpha value is -2.58. The van der Waals surface area contributed by atoms with Crippen molar-refractivity contribution in [3.8, 4) is 17.3 Å². The second kappa shape index (κ2) is 5.90. The summed E-state index contributed by atoms with van der Waals surface area (Å²) in [5.41, 5.74) is 2.35. The Labute approximate surface area is 135 Å². The van der Waals surface area contributed by atoms with Gasteiger partial charge in [-0.05, 0) is 23.3 Å². The molecule has 0 amide bonds. The summed E-state index contributed by atoms with van der Waals surface area (Å²) in [5.74, 6) is 0.962. The van der Waals surface area contributed by atoms with E-state index in [1.165, 1.54) is 5.56 Å². The van der Waals surface area contributed by atoms with E-state index in [9.17, 15) is 0 Å². The predicted molar refractivity (Wildman–Crippen MR) is 87.7 cm³/mol. The fraction of sp³-hybridized carbons (Fsp3) is 0.333. The van der Waals surface area contributed by atoms with Crippen LogP contribution in [-0.4, -0.2) is 48.3 Å². The van der Waals surface area contributed by atoms with E-state index in [4.69, 9.17) is 10.00 Å². The van der Waals surface area contributed by atoms with Crippen LogP contribution in [0.25, 0.3) is 11.1 Å². The zero-order valence-electron chi connectivity index (χ0n) is 12.8. The lowest BCUT2D eigenvalue weighted by Crippen LogP contribution is -2.51. The van der Waals surface area contributed by atoms with E-state index in [2.05, 4.69) is 34.3 Å². The van der Waals surface area contributed by atoms with Gasteiger partial charge in [0.25, 0.3) is 0 Å². The van der Waals surface area contributed by atoms with Gasteiger partial charge < -0.3 is 14.5 Å². The van der Waals surface area contributed by atoms with E-state index in [-0.39, 0.29) is 12.1 Å². The average Bonchev–Trinajstić information content (AvgIpc) is 3.06. The van der Waals surface area contributed by atoms with Crippen molar-refractivity contribution in [3.63, 3.8) is 0 Å². The van der Waals surface area contributed by atoms with E-state index in [0.717, 1.165) is 17.9 Å². The fourth-order valence-corrected chi connectivity index (χ4v) is 3.44. The van der Waals surface area contributed by atoms with Crippen molar-refractivity contribution in [2.24, 2.45) is 0 Å². The number of nitrogens with zero attached hydrogens (tertiary/aromatic N) is 4. The van der Waals surface area contributed by atoms with Gasteiger partial charge in [-0.25, -0.2) is 4.98 Å². The van der Waals surface area contributed by atoms with Gasteiger partial charge in [0, 0.05) is 12.7 Å². The summed E-state index contributed by atoms with van der Waals surface area (Å²) in [5, 5.41) is 9.15. The molecule has 2 aliphatic heterocycles. The molecule has 3 heterocycles. The number of benzene rings is 1. The molecular weight excluding hydrogens is 288 g/mol. The monoisotopic (exact) mass is 306 g/mol. The predicted octanol–water partition coefficient (Wildman–Crippen LogP) is 2.12. The van der Waals surface area contributed by atoms with E-state index in [0.29, 0.717) is 19.7 Å². The van der Waals surface area contributed by atoms with Crippen LogP contribution in [0.5, 0.6) is 0 Å². The molecule has 5 nitrogen and oxygen atoms in total. The van der Waals surface area contributed by atoms with E-state index < -0.39 is 0 Å². The number of anilines is 1. The first-order chi connectivity index (χ1) is 11.3. The highest BCUT2D eigenvalue weighted by atomic mass is 16.5. The van der Waals surface area contributed by atoms with E-state index in [1.807, 2.05) is 30.5 Å². The zero-order valence-corrected chi connectivity index (χ0v) is 12.8. The highest BCUT2D eigenvalue weighted by Gasteiger charge is 2.40. The van der Waals surface area contributed by atoms with Crippen LogP contribution in [0.2, 0.25) is 0 Å². The van der Waals surface area contributed by atoms with Crippen LogP contribution in [-0.2, 0) is 4.74 Å². The average molecular weight is 306 g/mol. The van der Waals surface area contributed by atoms with Gasteiger partial charge in [0.1, 0.15) is 5.82 Å². The molecule has 0 bridgehead atoms. The molecule has 2 aliphatic rings.